The zero-order chi connectivity index (χ0) is 6.41. The molecule has 0 radical (unpaired) electrons. The van der Waals surface area contributed by atoms with Crippen molar-refractivity contribution in [2.45, 2.75) is 6.92 Å². The number of nitrogens with one attached hydrogen (secondary N) is 1. The molecule has 1 heterocycles. The Morgan fingerprint density at radius 2 is 2.12 bits per heavy atom. The van der Waals surface area contributed by atoms with Gasteiger partial charge in [0.15, 0.2) is 0 Å². The molecule has 8 heavy (non-hydrogen) atoms. The van der Waals surface area contributed by atoms with Crippen molar-refractivity contribution in [2.24, 2.45) is 0 Å². The Kier molecular flexibility index (Phi) is 3.98. The van der Waals surface area contributed by atoms with Crippen LogP contribution in [-0.4, -0.2) is 17.2 Å². The van der Waals surface area contributed by atoms with E-state index < -0.39 is 0 Å². The first kappa shape index (κ1) is 7.24. The smallest absolute Gasteiger partial charge is 0.0319 e. The third-order valence-corrected chi connectivity index (χ3v) is 0.753. The molecule has 0 unspecified atom stereocenters. The topological polar surface area (TPSA) is 36.0 Å². The SMILES string of the molecule is CO.Cc1ccc[nH]1. The summed E-state index contributed by atoms with van der Waals surface area (Å²) in [4.78, 5) is 3.00. The molecule has 0 aliphatic rings. The first-order chi connectivity index (χ1) is 3.89. The van der Waals surface area contributed by atoms with Gasteiger partial charge in [-0.25, -0.2) is 0 Å². The van der Waals surface area contributed by atoms with Crippen molar-refractivity contribution < 1.29 is 5.11 Å². The zero-order valence-electron chi connectivity index (χ0n) is 5.18. The second-order valence-corrected chi connectivity index (χ2v) is 1.35. The number of hydrogen-bond acceptors (Lipinski definition) is 1. The highest BCUT2D eigenvalue weighted by atomic mass is 16.2. The van der Waals surface area contributed by atoms with Gasteiger partial charge in [0.05, 0.1) is 0 Å². The molecule has 0 aliphatic heterocycles. The summed E-state index contributed by atoms with van der Waals surface area (Å²) in [7, 11) is 1.00. The van der Waals surface area contributed by atoms with Crippen molar-refractivity contribution in [3.8, 4) is 0 Å². The molecule has 0 amide bonds. The number of aromatic nitrogens is 1. The first-order valence-electron chi connectivity index (χ1n) is 2.44. The van der Waals surface area contributed by atoms with Crippen LogP contribution in [0.3, 0.4) is 0 Å². The standard InChI is InChI=1S/C5H7N.CH4O/c1-5-3-2-4-6-5;1-2/h2-4,6H,1H3;2H,1H3. The molecule has 1 rings (SSSR count). The molecule has 2 nitrogen and oxygen atoms in total. The van der Waals surface area contributed by atoms with Crippen LogP contribution >= 0.6 is 0 Å². The molecule has 0 bridgehead atoms. The number of aliphatic hydroxyl groups is 1. The number of hydrogen-bond donors (Lipinski definition) is 2. The Labute approximate surface area is 49.2 Å². The van der Waals surface area contributed by atoms with Crippen LogP contribution in [0.2, 0.25) is 0 Å². The third-order valence-electron chi connectivity index (χ3n) is 0.753. The lowest BCUT2D eigenvalue weighted by Gasteiger charge is -1.70. The second kappa shape index (κ2) is 4.40. The molecule has 0 aliphatic carbocycles. The van der Waals surface area contributed by atoms with Gasteiger partial charge in [-0.1, -0.05) is 0 Å². The predicted octanol–water partition coefficient (Wildman–Crippen LogP) is 0.932. The van der Waals surface area contributed by atoms with Crippen molar-refractivity contribution in [2.75, 3.05) is 7.11 Å². The van der Waals surface area contributed by atoms with E-state index in [0.717, 1.165) is 7.11 Å². The summed E-state index contributed by atoms with van der Waals surface area (Å²) in [6, 6.07) is 4.01. The predicted molar refractivity (Wildman–Crippen MR) is 33.7 cm³/mol. The summed E-state index contributed by atoms with van der Waals surface area (Å²) in [5.74, 6) is 0. The van der Waals surface area contributed by atoms with Crippen LogP contribution in [-0.2, 0) is 0 Å². The second-order valence-electron chi connectivity index (χ2n) is 1.35. The summed E-state index contributed by atoms with van der Waals surface area (Å²) in [5.41, 5.74) is 1.22. The highest BCUT2D eigenvalue weighted by Gasteiger charge is 1.72. The molecule has 0 saturated heterocycles. The minimum Gasteiger partial charge on any atom is -0.400 e. The average Bonchev–Trinajstić information content (AvgIpc) is 2.24. The van der Waals surface area contributed by atoms with Gasteiger partial charge in [-0.2, -0.15) is 0 Å². The van der Waals surface area contributed by atoms with Crippen molar-refractivity contribution in [1.82, 2.24) is 4.98 Å². The molecule has 1 aromatic rings. The third kappa shape index (κ3) is 2.42. The monoisotopic (exact) mass is 113 g/mol. The Hall–Kier alpha value is -0.760. The van der Waals surface area contributed by atoms with Gasteiger partial charge in [-0.15, -0.1) is 0 Å². The van der Waals surface area contributed by atoms with Crippen LogP contribution in [0, 0.1) is 6.92 Å². The molecule has 0 aromatic carbocycles. The molecule has 0 saturated carbocycles. The maximum Gasteiger partial charge on any atom is 0.0319 e. The van der Waals surface area contributed by atoms with E-state index in [4.69, 9.17) is 5.11 Å². The molecule has 46 valence electrons. The van der Waals surface area contributed by atoms with Crippen molar-refractivity contribution in [1.29, 1.82) is 0 Å². The summed E-state index contributed by atoms with van der Waals surface area (Å²) in [6.45, 7) is 2.03. The van der Waals surface area contributed by atoms with Gasteiger partial charge in [0.1, 0.15) is 0 Å². The van der Waals surface area contributed by atoms with Crippen molar-refractivity contribution in [3.63, 3.8) is 0 Å². The van der Waals surface area contributed by atoms with Crippen LogP contribution in [0.15, 0.2) is 18.3 Å². The first-order valence-corrected chi connectivity index (χ1v) is 2.44. The van der Waals surface area contributed by atoms with E-state index in [1.165, 1.54) is 5.69 Å². The van der Waals surface area contributed by atoms with Gasteiger partial charge in [-0.3, -0.25) is 0 Å². The average molecular weight is 113 g/mol. The molecule has 0 atom stereocenters. The fraction of sp³-hybridized carbons (Fsp3) is 0.333. The quantitative estimate of drug-likeness (QED) is 0.516. The lowest BCUT2D eigenvalue weighted by Crippen LogP contribution is -1.59. The van der Waals surface area contributed by atoms with E-state index in [1.54, 1.807) is 0 Å². The minimum atomic E-state index is 1.00. The molecule has 2 N–H and O–H groups in total. The van der Waals surface area contributed by atoms with Crippen molar-refractivity contribution in [3.05, 3.63) is 24.0 Å². The van der Waals surface area contributed by atoms with Crippen LogP contribution in [0.1, 0.15) is 5.69 Å². The van der Waals surface area contributed by atoms with Gasteiger partial charge in [0, 0.05) is 19.0 Å². The Bertz CT molecular complexity index is 112. The largest absolute Gasteiger partial charge is 0.400 e. The minimum absolute atomic E-state index is 1.00. The van der Waals surface area contributed by atoms with Gasteiger partial charge >= 0.3 is 0 Å². The summed E-state index contributed by atoms with van der Waals surface area (Å²) in [6.07, 6.45) is 1.91. The van der Waals surface area contributed by atoms with E-state index in [9.17, 15) is 0 Å². The Morgan fingerprint density at radius 1 is 1.50 bits per heavy atom. The summed E-state index contributed by atoms with van der Waals surface area (Å²) < 4.78 is 0. The van der Waals surface area contributed by atoms with Crippen molar-refractivity contribution >= 4 is 0 Å². The highest BCUT2D eigenvalue weighted by molar-refractivity contribution is 4.99. The molecular formula is C6H11NO. The fourth-order valence-electron chi connectivity index (χ4n) is 0.420. The lowest BCUT2D eigenvalue weighted by molar-refractivity contribution is 0.399. The maximum absolute atomic E-state index is 7.00. The molecule has 0 spiro atoms. The van der Waals surface area contributed by atoms with E-state index in [1.807, 2.05) is 25.3 Å². The van der Waals surface area contributed by atoms with Gasteiger partial charge in [0.25, 0.3) is 0 Å². The lowest BCUT2D eigenvalue weighted by atomic mass is 10.5. The van der Waals surface area contributed by atoms with E-state index in [2.05, 4.69) is 4.98 Å². The molecular weight excluding hydrogens is 102 g/mol. The summed E-state index contributed by atoms with van der Waals surface area (Å²) in [5, 5.41) is 7.00. The van der Waals surface area contributed by atoms with E-state index in [-0.39, 0.29) is 0 Å². The highest BCUT2D eigenvalue weighted by Crippen LogP contribution is 1.86. The molecule has 0 fully saturated rings. The van der Waals surface area contributed by atoms with Gasteiger partial charge < -0.3 is 10.1 Å². The van der Waals surface area contributed by atoms with Crippen LogP contribution in [0.25, 0.3) is 0 Å². The number of aromatic amines is 1. The van der Waals surface area contributed by atoms with Crippen LogP contribution in [0.5, 0.6) is 0 Å². The van der Waals surface area contributed by atoms with Crippen LogP contribution in [0.4, 0.5) is 0 Å². The molecule has 2 heteroatoms. The van der Waals surface area contributed by atoms with Gasteiger partial charge in [0.2, 0.25) is 0 Å². The van der Waals surface area contributed by atoms with E-state index >= 15 is 0 Å². The summed E-state index contributed by atoms with van der Waals surface area (Å²) >= 11 is 0. The normalized spacial score (nSPS) is 7.38. The number of rotatable bonds is 0. The Balaban J connectivity index is 0.000000222. The molecule has 1 aromatic heterocycles. The Morgan fingerprint density at radius 3 is 2.25 bits per heavy atom. The number of aryl methyl sites for hydroxylation is 1. The van der Waals surface area contributed by atoms with Gasteiger partial charge in [-0.05, 0) is 19.1 Å². The number of H-pyrrole nitrogens is 1. The fourth-order valence-corrected chi connectivity index (χ4v) is 0.420. The zero-order valence-corrected chi connectivity index (χ0v) is 5.18. The van der Waals surface area contributed by atoms with Crippen LogP contribution < -0.4 is 0 Å². The number of aliphatic hydroxyl groups excluding tert-OH is 1. The maximum atomic E-state index is 7.00. The van der Waals surface area contributed by atoms with E-state index in [0.29, 0.717) is 0 Å².